The second kappa shape index (κ2) is 7.40. The fourth-order valence-corrected chi connectivity index (χ4v) is 3.52. The molecule has 0 saturated carbocycles. The number of benzene rings is 2. The minimum absolute atomic E-state index is 0.00637. The maximum atomic E-state index is 12.6. The van der Waals surface area contributed by atoms with E-state index in [0.29, 0.717) is 17.1 Å². The van der Waals surface area contributed by atoms with Gasteiger partial charge < -0.3 is 10.1 Å². The number of carbonyl (C=O) groups excluding carboxylic acids is 2. The predicted molar refractivity (Wildman–Crippen MR) is 99.3 cm³/mol. The van der Waals surface area contributed by atoms with E-state index in [-0.39, 0.29) is 23.4 Å². The van der Waals surface area contributed by atoms with E-state index >= 15 is 0 Å². The Kier molecular flexibility index (Phi) is 5.04. The first kappa shape index (κ1) is 17.0. The monoisotopic (exact) mass is 355 g/mol. The third-order valence-corrected chi connectivity index (χ3v) is 4.75. The first-order valence-electron chi connectivity index (χ1n) is 7.66. The molecule has 3 rings (SSSR count). The maximum absolute atomic E-state index is 12.6. The number of nitrogens with zero attached hydrogens (tertiary/aromatic N) is 1. The number of thioether (sulfide) groups is 1. The predicted octanol–water partition coefficient (Wildman–Crippen LogP) is 3.11. The molecule has 7 heteroatoms. The Morgan fingerprint density at radius 1 is 1.24 bits per heavy atom. The molecule has 2 aromatic carbocycles. The summed E-state index contributed by atoms with van der Waals surface area (Å²) in [4.78, 5) is 26.2. The maximum Gasteiger partial charge on any atom is 0.247 e. The summed E-state index contributed by atoms with van der Waals surface area (Å²) in [5.74, 6) is 0.116. The van der Waals surface area contributed by atoms with Crippen molar-refractivity contribution in [3.8, 4) is 5.75 Å². The third-order valence-electron chi connectivity index (χ3n) is 3.69. The van der Waals surface area contributed by atoms with Gasteiger partial charge in [0, 0.05) is 18.2 Å². The lowest BCUT2D eigenvalue weighted by molar-refractivity contribution is -0.121. The number of amides is 2. The van der Waals surface area contributed by atoms with Gasteiger partial charge >= 0.3 is 0 Å². The molecule has 1 aliphatic rings. The largest absolute Gasteiger partial charge is 0.497 e. The number of ether oxygens (including phenoxy) is 1. The van der Waals surface area contributed by atoms with Crippen LogP contribution in [0.15, 0.2) is 54.6 Å². The van der Waals surface area contributed by atoms with Crippen molar-refractivity contribution in [1.82, 2.24) is 0 Å². The van der Waals surface area contributed by atoms with Gasteiger partial charge in [0.2, 0.25) is 11.8 Å². The molecular formula is C18H17N3O3S. The molecule has 2 aromatic rings. The summed E-state index contributed by atoms with van der Waals surface area (Å²) < 4.78 is 5.12. The second-order valence-corrected chi connectivity index (χ2v) is 6.60. The normalized spacial score (nSPS) is 16.8. The number of para-hydroxylation sites is 1. The number of hydrogen-bond acceptors (Lipinski definition) is 5. The molecule has 25 heavy (non-hydrogen) atoms. The highest BCUT2D eigenvalue weighted by molar-refractivity contribution is 8.16. The molecule has 1 fully saturated rings. The topological polar surface area (TPSA) is 82.5 Å². The number of nitrogens with one attached hydrogen (secondary N) is 2. The van der Waals surface area contributed by atoms with Gasteiger partial charge in [-0.2, -0.15) is 0 Å². The van der Waals surface area contributed by atoms with Crippen LogP contribution in [0.1, 0.15) is 6.42 Å². The first-order chi connectivity index (χ1) is 12.1. The van der Waals surface area contributed by atoms with Gasteiger partial charge in [-0.15, -0.1) is 0 Å². The number of carbonyl (C=O) groups is 2. The van der Waals surface area contributed by atoms with Crippen molar-refractivity contribution in [2.24, 2.45) is 0 Å². The second-order valence-electron chi connectivity index (χ2n) is 5.41. The van der Waals surface area contributed by atoms with Crippen molar-refractivity contribution in [3.63, 3.8) is 0 Å². The zero-order valence-corrected chi connectivity index (χ0v) is 14.4. The van der Waals surface area contributed by atoms with Crippen LogP contribution in [0, 0.1) is 5.41 Å². The van der Waals surface area contributed by atoms with Crippen molar-refractivity contribution in [3.05, 3.63) is 54.6 Å². The van der Waals surface area contributed by atoms with E-state index in [1.807, 2.05) is 18.2 Å². The molecule has 1 heterocycles. The van der Waals surface area contributed by atoms with Crippen LogP contribution in [0.2, 0.25) is 0 Å². The number of amidine groups is 1. The number of anilines is 2. The highest BCUT2D eigenvalue weighted by Crippen LogP contribution is 2.32. The summed E-state index contributed by atoms with van der Waals surface area (Å²) in [7, 11) is 1.55. The molecule has 128 valence electrons. The van der Waals surface area contributed by atoms with Crippen LogP contribution < -0.4 is 15.0 Å². The van der Waals surface area contributed by atoms with Gasteiger partial charge in [-0.05, 0) is 24.3 Å². The molecule has 1 atom stereocenters. The fourth-order valence-electron chi connectivity index (χ4n) is 2.51. The zero-order valence-electron chi connectivity index (χ0n) is 13.6. The number of hydrogen-bond donors (Lipinski definition) is 2. The molecular weight excluding hydrogens is 338 g/mol. The molecule has 1 unspecified atom stereocenters. The Morgan fingerprint density at radius 3 is 2.72 bits per heavy atom. The Bertz CT molecular complexity index is 810. The minimum atomic E-state index is -0.599. The van der Waals surface area contributed by atoms with E-state index in [1.54, 1.807) is 43.5 Å². The summed E-state index contributed by atoms with van der Waals surface area (Å²) in [5, 5.41) is 10.3. The molecule has 0 bridgehead atoms. The van der Waals surface area contributed by atoms with E-state index in [9.17, 15) is 9.59 Å². The Labute approximate surface area is 149 Å². The molecule has 1 saturated heterocycles. The van der Waals surface area contributed by atoms with Crippen molar-refractivity contribution < 1.29 is 14.3 Å². The standard InChI is InChI=1S/C18H17N3O3S/c1-24-14-9-5-6-12(10-14)20-16(22)11-15-17(23)21(18(19)25-15)13-7-3-2-4-8-13/h2-10,15,19H,11H2,1H3,(H,20,22). The average Bonchev–Trinajstić information content (AvgIpc) is 2.89. The van der Waals surface area contributed by atoms with E-state index in [0.717, 1.165) is 11.8 Å². The van der Waals surface area contributed by atoms with Crippen LogP contribution in [-0.2, 0) is 9.59 Å². The summed E-state index contributed by atoms with van der Waals surface area (Å²) in [5.41, 5.74) is 1.25. The number of rotatable bonds is 5. The summed E-state index contributed by atoms with van der Waals surface area (Å²) in [6.45, 7) is 0. The lowest BCUT2D eigenvalue weighted by atomic mass is 10.2. The van der Waals surface area contributed by atoms with Crippen molar-refractivity contribution >= 4 is 40.1 Å². The highest BCUT2D eigenvalue weighted by atomic mass is 32.2. The molecule has 0 aromatic heterocycles. The third kappa shape index (κ3) is 3.83. The van der Waals surface area contributed by atoms with Crippen LogP contribution in [0.3, 0.4) is 0 Å². The van der Waals surface area contributed by atoms with Gasteiger partial charge in [0.15, 0.2) is 5.17 Å². The van der Waals surface area contributed by atoms with Crippen LogP contribution in [0.5, 0.6) is 5.75 Å². The molecule has 2 amide bonds. The molecule has 6 nitrogen and oxygen atoms in total. The quantitative estimate of drug-likeness (QED) is 0.863. The SMILES string of the molecule is COc1cccc(NC(=O)CC2SC(=N)N(c3ccccc3)C2=O)c1. The Morgan fingerprint density at radius 2 is 2.00 bits per heavy atom. The van der Waals surface area contributed by atoms with Gasteiger partial charge in [-0.1, -0.05) is 36.0 Å². The van der Waals surface area contributed by atoms with E-state index in [2.05, 4.69) is 5.32 Å². The molecule has 0 spiro atoms. The van der Waals surface area contributed by atoms with Gasteiger partial charge in [0.1, 0.15) is 11.0 Å². The van der Waals surface area contributed by atoms with Gasteiger partial charge in [-0.3, -0.25) is 19.9 Å². The zero-order chi connectivity index (χ0) is 17.8. The van der Waals surface area contributed by atoms with Gasteiger partial charge in [-0.25, -0.2) is 0 Å². The summed E-state index contributed by atoms with van der Waals surface area (Å²) >= 11 is 1.10. The average molecular weight is 355 g/mol. The molecule has 2 N–H and O–H groups in total. The molecule has 0 aliphatic carbocycles. The van der Waals surface area contributed by atoms with Crippen LogP contribution in [-0.4, -0.2) is 29.3 Å². The van der Waals surface area contributed by atoms with Gasteiger partial charge in [0.05, 0.1) is 12.8 Å². The number of methoxy groups -OCH3 is 1. The van der Waals surface area contributed by atoms with Crippen LogP contribution in [0.25, 0.3) is 0 Å². The molecule has 0 radical (unpaired) electrons. The fraction of sp³-hybridized carbons (Fsp3) is 0.167. The van der Waals surface area contributed by atoms with Gasteiger partial charge in [0.25, 0.3) is 0 Å². The minimum Gasteiger partial charge on any atom is -0.497 e. The Hall–Kier alpha value is -2.80. The Balaban J connectivity index is 1.66. The van der Waals surface area contributed by atoms with E-state index < -0.39 is 5.25 Å². The van der Waals surface area contributed by atoms with Crippen molar-refractivity contribution in [2.45, 2.75) is 11.7 Å². The highest BCUT2D eigenvalue weighted by Gasteiger charge is 2.39. The lowest BCUT2D eigenvalue weighted by Crippen LogP contribution is -2.33. The smallest absolute Gasteiger partial charge is 0.247 e. The summed E-state index contributed by atoms with van der Waals surface area (Å²) in [6, 6.07) is 16.0. The van der Waals surface area contributed by atoms with E-state index in [1.165, 1.54) is 4.90 Å². The first-order valence-corrected chi connectivity index (χ1v) is 8.54. The lowest BCUT2D eigenvalue weighted by Gasteiger charge is -2.15. The van der Waals surface area contributed by atoms with E-state index in [4.69, 9.17) is 10.1 Å². The van der Waals surface area contributed by atoms with Crippen molar-refractivity contribution in [2.75, 3.05) is 17.3 Å². The van der Waals surface area contributed by atoms with Crippen molar-refractivity contribution in [1.29, 1.82) is 5.41 Å². The van der Waals surface area contributed by atoms with Crippen LogP contribution in [0.4, 0.5) is 11.4 Å². The molecule has 1 aliphatic heterocycles. The summed E-state index contributed by atoms with van der Waals surface area (Å²) in [6.07, 6.45) is 0.00637. The van der Waals surface area contributed by atoms with Crippen LogP contribution >= 0.6 is 11.8 Å².